The Hall–Kier alpha value is -2.14. The number of nitrogens with two attached hydrogens (primary N) is 1. The minimum atomic E-state index is -0.540. The SMILES string of the molecule is NNc1ccc(Oc2cccc(F)c2)cc1F. The van der Waals surface area contributed by atoms with E-state index in [4.69, 9.17) is 10.6 Å². The Kier molecular flexibility index (Phi) is 3.20. The highest BCUT2D eigenvalue weighted by atomic mass is 19.1. The van der Waals surface area contributed by atoms with Gasteiger partial charge in [0.15, 0.2) is 5.82 Å². The molecule has 0 aromatic heterocycles. The van der Waals surface area contributed by atoms with E-state index in [1.165, 1.54) is 36.4 Å². The molecule has 0 radical (unpaired) electrons. The van der Waals surface area contributed by atoms with Gasteiger partial charge in [0.05, 0.1) is 5.69 Å². The van der Waals surface area contributed by atoms with Gasteiger partial charge in [-0.25, -0.2) is 8.78 Å². The van der Waals surface area contributed by atoms with Gasteiger partial charge in [0.2, 0.25) is 0 Å². The first kappa shape index (κ1) is 11.3. The maximum atomic E-state index is 13.3. The van der Waals surface area contributed by atoms with Crippen molar-refractivity contribution >= 4 is 5.69 Å². The van der Waals surface area contributed by atoms with Gasteiger partial charge in [0.1, 0.15) is 17.3 Å². The largest absolute Gasteiger partial charge is 0.457 e. The number of hydrogen-bond donors (Lipinski definition) is 2. The smallest absolute Gasteiger partial charge is 0.151 e. The van der Waals surface area contributed by atoms with E-state index < -0.39 is 11.6 Å². The summed E-state index contributed by atoms with van der Waals surface area (Å²) < 4.78 is 31.5. The van der Waals surface area contributed by atoms with E-state index in [-0.39, 0.29) is 11.4 Å². The first-order valence-electron chi connectivity index (χ1n) is 4.88. The maximum Gasteiger partial charge on any atom is 0.151 e. The number of nitrogen functional groups attached to an aromatic ring is 1. The Morgan fingerprint density at radius 1 is 1.00 bits per heavy atom. The fourth-order valence-electron chi connectivity index (χ4n) is 1.34. The molecule has 2 rings (SSSR count). The zero-order valence-corrected chi connectivity index (χ0v) is 8.78. The van der Waals surface area contributed by atoms with E-state index in [0.29, 0.717) is 5.75 Å². The molecule has 0 aliphatic heterocycles. The van der Waals surface area contributed by atoms with Crippen LogP contribution in [-0.4, -0.2) is 0 Å². The van der Waals surface area contributed by atoms with Crippen LogP contribution in [0.15, 0.2) is 42.5 Å². The number of nitrogens with one attached hydrogen (secondary N) is 1. The highest BCUT2D eigenvalue weighted by Crippen LogP contribution is 2.25. The van der Waals surface area contributed by atoms with Crippen LogP contribution in [0.1, 0.15) is 0 Å². The number of anilines is 1. The summed E-state index contributed by atoms with van der Waals surface area (Å²) in [5, 5.41) is 0. The quantitative estimate of drug-likeness (QED) is 0.636. The van der Waals surface area contributed by atoms with Crippen LogP contribution in [0.5, 0.6) is 11.5 Å². The van der Waals surface area contributed by atoms with Crippen molar-refractivity contribution in [3.05, 3.63) is 54.1 Å². The Bertz CT molecular complexity index is 532. The summed E-state index contributed by atoms with van der Waals surface area (Å²) in [5.74, 6) is 4.71. The van der Waals surface area contributed by atoms with Crippen LogP contribution in [-0.2, 0) is 0 Å². The normalized spacial score (nSPS) is 10.1. The lowest BCUT2D eigenvalue weighted by atomic mass is 10.3. The molecule has 0 aliphatic carbocycles. The first-order chi connectivity index (χ1) is 8.19. The lowest BCUT2D eigenvalue weighted by molar-refractivity contribution is 0.472. The number of halogens is 2. The van der Waals surface area contributed by atoms with E-state index >= 15 is 0 Å². The van der Waals surface area contributed by atoms with Crippen LogP contribution in [0.3, 0.4) is 0 Å². The van der Waals surface area contributed by atoms with Crippen molar-refractivity contribution in [3.63, 3.8) is 0 Å². The summed E-state index contributed by atoms with van der Waals surface area (Å²) in [6.45, 7) is 0. The average Bonchev–Trinajstić information content (AvgIpc) is 2.29. The molecule has 0 saturated carbocycles. The number of hydrazine groups is 1. The minimum Gasteiger partial charge on any atom is -0.457 e. The molecule has 2 aromatic rings. The van der Waals surface area contributed by atoms with Crippen LogP contribution in [0, 0.1) is 11.6 Å². The molecular formula is C12H10F2N2O. The van der Waals surface area contributed by atoms with Gasteiger partial charge >= 0.3 is 0 Å². The average molecular weight is 236 g/mol. The predicted molar refractivity (Wildman–Crippen MR) is 60.7 cm³/mol. The van der Waals surface area contributed by atoms with Gasteiger partial charge in [-0.15, -0.1) is 0 Å². The van der Waals surface area contributed by atoms with Crippen molar-refractivity contribution in [2.24, 2.45) is 5.84 Å². The third kappa shape index (κ3) is 2.70. The van der Waals surface area contributed by atoms with Crippen molar-refractivity contribution in [3.8, 4) is 11.5 Å². The standard InChI is InChI=1S/C12H10F2N2O/c13-8-2-1-3-9(6-8)17-10-4-5-12(16-15)11(14)7-10/h1-7,16H,15H2. The topological polar surface area (TPSA) is 47.3 Å². The lowest BCUT2D eigenvalue weighted by Gasteiger charge is -2.07. The Morgan fingerprint density at radius 3 is 2.41 bits per heavy atom. The van der Waals surface area contributed by atoms with Gasteiger partial charge in [-0.1, -0.05) is 6.07 Å². The molecule has 0 atom stereocenters. The highest BCUT2D eigenvalue weighted by molar-refractivity contribution is 5.47. The van der Waals surface area contributed by atoms with Gasteiger partial charge in [-0.3, -0.25) is 5.84 Å². The van der Waals surface area contributed by atoms with Gasteiger partial charge in [-0.2, -0.15) is 0 Å². The molecule has 88 valence electrons. The van der Waals surface area contributed by atoms with Crippen LogP contribution in [0.25, 0.3) is 0 Å². The van der Waals surface area contributed by atoms with E-state index in [0.717, 1.165) is 0 Å². The Balaban J connectivity index is 2.22. The first-order valence-corrected chi connectivity index (χ1v) is 4.88. The molecule has 0 fully saturated rings. The number of hydrogen-bond acceptors (Lipinski definition) is 3. The molecule has 3 nitrogen and oxygen atoms in total. The third-order valence-corrected chi connectivity index (χ3v) is 2.13. The van der Waals surface area contributed by atoms with Crippen molar-refractivity contribution in [2.75, 3.05) is 5.43 Å². The van der Waals surface area contributed by atoms with Gasteiger partial charge in [0.25, 0.3) is 0 Å². The molecule has 0 unspecified atom stereocenters. The van der Waals surface area contributed by atoms with Crippen LogP contribution >= 0.6 is 0 Å². The second-order valence-electron chi connectivity index (χ2n) is 3.35. The van der Waals surface area contributed by atoms with Gasteiger partial charge < -0.3 is 10.2 Å². The van der Waals surface area contributed by atoms with Gasteiger partial charge in [0, 0.05) is 12.1 Å². The second-order valence-corrected chi connectivity index (χ2v) is 3.35. The lowest BCUT2D eigenvalue weighted by Crippen LogP contribution is -2.08. The van der Waals surface area contributed by atoms with Crippen LogP contribution in [0.4, 0.5) is 14.5 Å². The minimum absolute atomic E-state index is 0.164. The zero-order valence-electron chi connectivity index (χ0n) is 8.78. The molecule has 0 saturated heterocycles. The predicted octanol–water partition coefficient (Wildman–Crippen LogP) is 3.04. The van der Waals surface area contributed by atoms with E-state index in [1.54, 1.807) is 6.07 Å². The summed E-state index contributed by atoms with van der Waals surface area (Å²) in [5.41, 5.74) is 2.37. The van der Waals surface area contributed by atoms with Crippen LogP contribution < -0.4 is 16.0 Å². The van der Waals surface area contributed by atoms with E-state index in [9.17, 15) is 8.78 Å². The molecule has 0 bridgehead atoms. The third-order valence-electron chi connectivity index (χ3n) is 2.13. The molecule has 0 heterocycles. The van der Waals surface area contributed by atoms with E-state index in [1.807, 2.05) is 0 Å². The highest BCUT2D eigenvalue weighted by Gasteiger charge is 2.04. The number of rotatable bonds is 3. The summed E-state index contributed by atoms with van der Waals surface area (Å²) >= 11 is 0. The molecular weight excluding hydrogens is 226 g/mol. The number of ether oxygens (including phenoxy) is 1. The molecule has 0 aliphatic rings. The molecule has 5 heteroatoms. The molecule has 0 spiro atoms. The summed E-state index contributed by atoms with van der Waals surface area (Å²) in [7, 11) is 0. The summed E-state index contributed by atoms with van der Waals surface area (Å²) in [6.07, 6.45) is 0. The van der Waals surface area contributed by atoms with Crippen molar-refractivity contribution < 1.29 is 13.5 Å². The molecule has 0 amide bonds. The molecule has 2 aromatic carbocycles. The Morgan fingerprint density at radius 2 is 1.76 bits per heavy atom. The van der Waals surface area contributed by atoms with Crippen molar-refractivity contribution in [1.82, 2.24) is 0 Å². The summed E-state index contributed by atoms with van der Waals surface area (Å²) in [4.78, 5) is 0. The van der Waals surface area contributed by atoms with Gasteiger partial charge in [-0.05, 0) is 24.3 Å². The maximum absolute atomic E-state index is 13.3. The number of benzene rings is 2. The Labute approximate surface area is 96.8 Å². The monoisotopic (exact) mass is 236 g/mol. The molecule has 17 heavy (non-hydrogen) atoms. The second kappa shape index (κ2) is 4.80. The van der Waals surface area contributed by atoms with E-state index in [2.05, 4.69) is 5.43 Å². The molecule has 3 N–H and O–H groups in total. The van der Waals surface area contributed by atoms with Crippen molar-refractivity contribution in [2.45, 2.75) is 0 Å². The zero-order chi connectivity index (χ0) is 12.3. The summed E-state index contributed by atoms with van der Waals surface area (Å²) in [6, 6.07) is 9.74. The fraction of sp³-hybridized carbons (Fsp3) is 0. The fourth-order valence-corrected chi connectivity index (χ4v) is 1.34. The van der Waals surface area contributed by atoms with Crippen LogP contribution in [0.2, 0.25) is 0 Å². The van der Waals surface area contributed by atoms with Crippen molar-refractivity contribution in [1.29, 1.82) is 0 Å².